The zero-order chi connectivity index (χ0) is 26.7. The van der Waals surface area contributed by atoms with Crippen molar-refractivity contribution in [1.82, 2.24) is 10.3 Å². The first-order valence-electron chi connectivity index (χ1n) is 11.3. The molecule has 0 fully saturated rings. The number of anilines is 2. The van der Waals surface area contributed by atoms with Gasteiger partial charge in [0.2, 0.25) is 5.91 Å². The molecule has 0 unspecified atom stereocenters. The molecule has 3 aromatic carbocycles. The van der Waals surface area contributed by atoms with Crippen LogP contribution in [0.2, 0.25) is 5.02 Å². The second-order valence-corrected chi connectivity index (χ2v) is 8.93. The first-order valence-corrected chi connectivity index (χ1v) is 11.7. The number of nitrogen functional groups attached to an aromatic ring is 1. The van der Waals surface area contributed by atoms with E-state index in [1.165, 1.54) is 30.3 Å². The van der Waals surface area contributed by atoms with Crippen molar-refractivity contribution < 1.29 is 22.4 Å². The molecule has 192 valence electrons. The Kier molecular flexibility index (Phi) is 7.54. The standard InChI is InChI=1S/C27H23ClF4N4O/c1-15-16(6-11-24(33)36-15)13-34-25(37)12-19-21(28)8-10-23(26(19)30)35-14-27(31,32)20-7-9-22(29)18-5-3-2-4-17(18)20/h2-11,35H,12-14H2,1H3,(H2,33,36)(H,34,37). The smallest absolute Gasteiger partial charge is 0.290 e. The van der Waals surface area contributed by atoms with Crippen LogP contribution >= 0.6 is 11.6 Å². The number of alkyl halides is 2. The Bertz CT molecular complexity index is 1480. The predicted molar refractivity (Wildman–Crippen MR) is 137 cm³/mol. The number of nitrogens with two attached hydrogens (primary N) is 1. The first kappa shape index (κ1) is 26.2. The number of nitrogens with one attached hydrogen (secondary N) is 2. The lowest BCUT2D eigenvalue weighted by molar-refractivity contribution is -0.120. The zero-order valence-electron chi connectivity index (χ0n) is 19.7. The van der Waals surface area contributed by atoms with Crippen LogP contribution < -0.4 is 16.4 Å². The molecule has 0 spiro atoms. The summed E-state index contributed by atoms with van der Waals surface area (Å²) in [6.07, 6.45) is -0.402. The van der Waals surface area contributed by atoms with Gasteiger partial charge in [0.25, 0.3) is 5.92 Å². The molecule has 0 atom stereocenters. The first-order chi connectivity index (χ1) is 17.6. The summed E-state index contributed by atoms with van der Waals surface area (Å²) in [6, 6.07) is 13.8. The number of amides is 1. The maximum absolute atomic E-state index is 15.2. The zero-order valence-corrected chi connectivity index (χ0v) is 20.5. The summed E-state index contributed by atoms with van der Waals surface area (Å²) in [5, 5.41) is 5.19. The predicted octanol–water partition coefficient (Wildman–Crippen LogP) is 6.12. The fraction of sp³-hybridized carbons (Fsp3) is 0.185. The van der Waals surface area contributed by atoms with Gasteiger partial charge in [0.15, 0.2) is 5.82 Å². The number of carbonyl (C=O) groups is 1. The summed E-state index contributed by atoms with van der Waals surface area (Å²) in [5.74, 6) is -5.14. The van der Waals surface area contributed by atoms with Crippen LogP contribution in [0.25, 0.3) is 10.8 Å². The summed E-state index contributed by atoms with van der Waals surface area (Å²) in [4.78, 5) is 16.6. The van der Waals surface area contributed by atoms with Gasteiger partial charge in [-0.2, -0.15) is 8.78 Å². The van der Waals surface area contributed by atoms with Crippen LogP contribution in [0.1, 0.15) is 22.4 Å². The van der Waals surface area contributed by atoms with Crippen molar-refractivity contribution in [2.75, 3.05) is 17.6 Å². The van der Waals surface area contributed by atoms with Crippen molar-refractivity contribution in [1.29, 1.82) is 0 Å². The number of nitrogens with zero attached hydrogens (tertiary/aromatic N) is 1. The van der Waals surface area contributed by atoms with E-state index < -0.39 is 42.0 Å². The van der Waals surface area contributed by atoms with Crippen LogP contribution in [0.5, 0.6) is 0 Å². The molecule has 1 aromatic heterocycles. The number of pyridine rings is 1. The molecular formula is C27H23ClF4N4O. The maximum atomic E-state index is 15.2. The van der Waals surface area contributed by atoms with E-state index in [1.54, 1.807) is 25.1 Å². The molecule has 0 saturated carbocycles. The molecule has 1 heterocycles. The Labute approximate surface area is 215 Å². The van der Waals surface area contributed by atoms with Gasteiger partial charge in [-0.15, -0.1) is 0 Å². The van der Waals surface area contributed by atoms with E-state index in [0.717, 1.165) is 17.7 Å². The molecule has 4 rings (SSSR count). The Morgan fingerprint density at radius 3 is 2.49 bits per heavy atom. The third-order valence-electron chi connectivity index (χ3n) is 5.98. The number of fused-ring (bicyclic) bond motifs is 1. The monoisotopic (exact) mass is 530 g/mol. The van der Waals surface area contributed by atoms with Gasteiger partial charge in [-0.3, -0.25) is 4.79 Å². The van der Waals surface area contributed by atoms with E-state index in [-0.39, 0.29) is 33.6 Å². The third kappa shape index (κ3) is 5.77. The van der Waals surface area contributed by atoms with Gasteiger partial charge < -0.3 is 16.4 Å². The average Bonchev–Trinajstić information content (AvgIpc) is 2.86. The Morgan fingerprint density at radius 2 is 1.76 bits per heavy atom. The maximum Gasteiger partial charge on any atom is 0.290 e. The van der Waals surface area contributed by atoms with Crippen LogP contribution in [0.4, 0.5) is 29.1 Å². The number of benzene rings is 3. The van der Waals surface area contributed by atoms with Crippen LogP contribution in [-0.2, 0) is 23.7 Å². The highest BCUT2D eigenvalue weighted by Gasteiger charge is 2.34. The summed E-state index contributed by atoms with van der Waals surface area (Å²) in [6.45, 7) is 0.928. The van der Waals surface area contributed by atoms with Crippen LogP contribution in [0, 0.1) is 18.6 Å². The molecule has 1 amide bonds. The topological polar surface area (TPSA) is 80.0 Å². The van der Waals surface area contributed by atoms with Gasteiger partial charge >= 0.3 is 0 Å². The van der Waals surface area contributed by atoms with Crippen molar-refractivity contribution in [3.8, 4) is 0 Å². The second kappa shape index (κ2) is 10.6. The van der Waals surface area contributed by atoms with Crippen LogP contribution in [0.15, 0.2) is 60.7 Å². The highest BCUT2D eigenvalue weighted by Crippen LogP contribution is 2.35. The highest BCUT2D eigenvalue weighted by molar-refractivity contribution is 6.31. The van der Waals surface area contributed by atoms with Gasteiger partial charge in [0.05, 0.1) is 18.7 Å². The summed E-state index contributed by atoms with van der Waals surface area (Å²) in [7, 11) is 0. The molecule has 10 heteroatoms. The molecule has 0 radical (unpaired) electrons. The summed E-state index contributed by atoms with van der Waals surface area (Å²) in [5.41, 5.74) is 6.24. The van der Waals surface area contributed by atoms with E-state index >= 15 is 13.2 Å². The Balaban J connectivity index is 1.48. The van der Waals surface area contributed by atoms with Gasteiger partial charge in [-0.05, 0) is 48.2 Å². The molecule has 37 heavy (non-hydrogen) atoms. The largest absolute Gasteiger partial charge is 0.384 e. The number of hydrogen-bond donors (Lipinski definition) is 3. The van der Waals surface area contributed by atoms with Gasteiger partial charge in [-0.1, -0.05) is 41.9 Å². The van der Waals surface area contributed by atoms with Crippen LogP contribution in [-0.4, -0.2) is 17.4 Å². The summed E-state index contributed by atoms with van der Waals surface area (Å²) >= 11 is 6.12. The lowest BCUT2D eigenvalue weighted by atomic mass is 9.99. The van der Waals surface area contributed by atoms with E-state index in [0.29, 0.717) is 11.5 Å². The number of aromatic nitrogens is 1. The Morgan fingerprint density at radius 1 is 1.03 bits per heavy atom. The lowest BCUT2D eigenvalue weighted by Gasteiger charge is -2.21. The van der Waals surface area contributed by atoms with Crippen molar-refractivity contribution in [3.05, 3.63) is 99.7 Å². The SMILES string of the molecule is Cc1nc(N)ccc1CNC(=O)Cc1c(Cl)ccc(NCC(F)(F)c2ccc(F)c3ccccc23)c1F. The fourth-order valence-electron chi connectivity index (χ4n) is 3.99. The van der Waals surface area contributed by atoms with Crippen molar-refractivity contribution in [2.45, 2.75) is 25.8 Å². The normalized spacial score (nSPS) is 11.5. The minimum Gasteiger partial charge on any atom is -0.384 e. The minimum atomic E-state index is -3.46. The van der Waals surface area contributed by atoms with E-state index in [2.05, 4.69) is 15.6 Å². The third-order valence-corrected chi connectivity index (χ3v) is 6.34. The molecule has 0 bridgehead atoms. The van der Waals surface area contributed by atoms with Crippen molar-refractivity contribution in [2.24, 2.45) is 0 Å². The quantitative estimate of drug-likeness (QED) is 0.240. The van der Waals surface area contributed by atoms with E-state index in [9.17, 15) is 9.18 Å². The molecule has 4 aromatic rings. The molecule has 5 nitrogen and oxygen atoms in total. The lowest BCUT2D eigenvalue weighted by Crippen LogP contribution is -2.27. The van der Waals surface area contributed by atoms with Gasteiger partial charge in [0, 0.05) is 33.8 Å². The van der Waals surface area contributed by atoms with Gasteiger partial charge in [0.1, 0.15) is 11.6 Å². The van der Waals surface area contributed by atoms with E-state index in [1.807, 2.05) is 0 Å². The number of aryl methyl sites for hydroxylation is 1. The molecular weight excluding hydrogens is 508 g/mol. The molecule has 0 aliphatic heterocycles. The number of hydrogen-bond acceptors (Lipinski definition) is 4. The van der Waals surface area contributed by atoms with Gasteiger partial charge in [-0.25, -0.2) is 13.8 Å². The number of carbonyl (C=O) groups excluding carboxylic acids is 1. The molecule has 0 saturated heterocycles. The number of rotatable bonds is 8. The molecule has 0 aliphatic rings. The molecule has 0 aliphatic carbocycles. The van der Waals surface area contributed by atoms with E-state index in [4.69, 9.17) is 17.3 Å². The number of halogens is 5. The average molecular weight is 531 g/mol. The van der Waals surface area contributed by atoms with Crippen molar-refractivity contribution >= 4 is 39.8 Å². The van der Waals surface area contributed by atoms with Crippen LogP contribution in [0.3, 0.4) is 0 Å². The minimum absolute atomic E-state index is 0.0141. The summed E-state index contributed by atoms with van der Waals surface area (Å²) < 4.78 is 59.5. The molecule has 4 N–H and O–H groups in total. The Hall–Kier alpha value is -3.85. The van der Waals surface area contributed by atoms with Crippen molar-refractivity contribution in [3.63, 3.8) is 0 Å². The highest BCUT2D eigenvalue weighted by atomic mass is 35.5. The second-order valence-electron chi connectivity index (χ2n) is 8.52. The fourth-order valence-corrected chi connectivity index (χ4v) is 4.20.